The Hall–Kier alpha value is -2.44. The van der Waals surface area contributed by atoms with E-state index in [9.17, 15) is 14.4 Å². The second-order valence-electron chi connectivity index (χ2n) is 3.20. The van der Waals surface area contributed by atoms with Crippen LogP contribution in [0, 0.1) is 0 Å². The summed E-state index contributed by atoms with van der Waals surface area (Å²) < 4.78 is 0. The standard InChI is InChI=1S/C10H10N2O5/c13-8(14)5-7(10(16)17)12-9(15)6-1-3-11-4-2-6/h1-4,7H,5H2,(H,12,15)(H,13,14)(H,16,17)/t7-/m1/s1. The molecule has 3 N–H and O–H groups in total. The molecule has 0 aliphatic carbocycles. The minimum absolute atomic E-state index is 0.219. The highest BCUT2D eigenvalue weighted by atomic mass is 16.4. The van der Waals surface area contributed by atoms with Gasteiger partial charge in [0.15, 0.2) is 0 Å². The zero-order valence-corrected chi connectivity index (χ0v) is 8.66. The first-order valence-electron chi connectivity index (χ1n) is 4.66. The summed E-state index contributed by atoms with van der Waals surface area (Å²) in [5, 5.41) is 19.3. The molecule has 1 aromatic heterocycles. The summed E-state index contributed by atoms with van der Waals surface area (Å²) in [6, 6.07) is 1.34. The molecular weight excluding hydrogens is 228 g/mol. The number of pyridine rings is 1. The quantitative estimate of drug-likeness (QED) is 0.650. The van der Waals surface area contributed by atoms with Crippen molar-refractivity contribution in [2.75, 3.05) is 0 Å². The van der Waals surface area contributed by atoms with Gasteiger partial charge in [0.25, 0.3) is 5.91 Å². The number of hydrogen-bond acceptors (Lipinski definition) is 4. The third-order valence-corrected chi connectivity index (χ3v) is 1.92. The lowest BCUT2D eigenvalue weighted by Crippen LogP contribution is -2.42. The van der Waals surface area contributed by atoms with Crippen LogP contribution in [0.15, 0.2) is 24.5 Å². The number of rotatable bonds is 5. The molecule has 0 radical (unpaired) electrons. The van der Waals surface area contributed by atoms with Crippen molar-refractivity contribution >= 4 is 17.8 Å². The summed E-state index contributed by atoms with van der Waals surface area (Å²) in [4.78, 5) is 36.4. The summed E-state index contributed by atoms with van der Waals surface area (Å²) in [6.45, 7) is 0. The van der Waals surface area contributed by atoms with Crippen molar-refractivity contribution < 1.29 is 24.6 Å². The number of carbonyl (C=O) groups excluding carboxylic acids is 1. The zero-order valence-electron chi connectivity index (χ0n) is 8.66. The number of aliphatic carboxylic acids is 2. The Morgan fingerprint density at radius 1 is 1.24 bits per heavy atom. The van der Waals surface area contributed by atoms with Gasteiger partial charge in [0.1, 0.15) is 6.04 Å². The summed E-state index contributed by atoms with van der Waals surface area (Å²) in [5.74, 6) is -3.34. The highest BCUT2D eigenvalue weighted by Crippen LogP contribution is 1.99. The molecule has 1 heterocycles. The first kappa shape index (κ1) is 12.6. The van der Waals surface area contributed by atoms with Crippen LogP contribution >= 0.6 is 0 Å². The first-order valence-corrected chi connectivity index (χ1v) is 4.66. The van der Waals surface area contributed by atoms with Crippen LogP contribution in [-0.2, 0) is 9.59 Å². The van der Waals surface area contributed by atoms with E-state index >= 15 is 0 Å². The molecule has 0 bridgehead atoms. The average molecular weight is 238 g/mol. The molecule has 0 aliphatic rings. The van der Waals surface area contributed by atoms with Crippen LogP contribution in [0.3, 0.4) is 0 Å². The van der Waals surface area contributed by atoms with Gasteiger partial charge in [-0.05, 0) is 12.1 Å². The van der Waals surface area contributed by atoms with Crippen molar-refractivity contribution in [1.29, 1.82) is 0 Å². The molecule has 0 fully saturated rings. The third kappa shape index (κ3) is 3.90. The Balaban J connectivity index is 2.71. The molecule has 17 heavy (non-hydrogen) atoms. The lowest BCUT2D eigenvalue weighted by atomic mass is 10.2. The van der Waals surface area contributed by atoms with Crippen LogP contribution in [0.4, 0.5) is 0 Å². The van der Waals surface area contributed by atoms with Crippen molar-refractivity contribution in [3.8, 4) is 0 Å². The van der Waals surface area contributed by atoms with E-state index in [0.29, 0.717) is 0 Å². The van der Waals surface area contributed by atoms with Gasteiger partial charge >= 0.3 is 11.9 Å². The fourth-order valence-corrected chi connectivity index (χ4v) is 1.12. The normalized spacial score (nSPS) is 11.5. The van der Waals surface area contributed by atoms with Crippen molar-refractivity contribution in [1.82, 2.24) is 10.3 Å². The van der Waals surface area contributed by atoms with E-state index in [1.807, 2.05) is 0 Å². The molecule has 90 valence electrons. The van der Waals surface area contributed by atoms with Gasteiger partial charge in [-0.2, -0.15) is 0 Å². The molecule has 0 saturated heterocycles. The fraction of sp³-hybridized carbons (Fsp3) is 0.200. The molecule has 0 spiro atoms. The lowest BCUT2D eigenvalue weighted by Gasteiger charge is -2.11. The van der Waals surface area contributed by atoms with E-state index in [0.717, 1.165) is 0 Å². The summed E-state index contributed by atoms with van der Waals surface area (Å²) in [6.07, 6.45) is 2.08. The number of carbonyl (C=O) groups is 3. The van der Waals surface area contributed by atoms with Gasteiger partial charge in [-0.25, -0.2) is 4.79 Å². The van der Waals surface area contributed by atoms with Gasteiger partial charge in [0.2, 0.25) is 0 Å². The largest absolute Gasteiger partial charge is 0.481 e. The van der Waals surface area contributed by atoms with Crippen LogP contribution in [0.25, 0.3) is 0 Å². The second-order valence-corrected chi connectivity index (χ2v) is 3.20. The van der Waals surface area contributed by atoms with Crippen molar-refractivity contribution in [3.63, 3.8) is 0 Å². The van der Waals surface area contributed by atoms with Gasteiger partial charge in [-0.3, -0.25) is 14.6 Å². The predicted octanol–water partition coefficient (Wildman–Crippen LogP) is -0.261. The molecule has 0 aromatic carbocycles. The van der Waals surface area contributed by atoms with Gasteiger partial charge in [0, 0.05) is 18.0 Å². The third-order valence-electron chi connectivity index (χ3n) is 1.92. The van der Waals surface area contributed by atoms with E-state index in [2.05, 4.69) is 10.3 Å². The van der Waals surface area contributed by atoms with E-state index < -0.39 is 30.3 Å². The lowest BCUT2D eigenvalue weighted by molar-refractivity contribution is -0.145. The number of nitrogens with one attached hydrogen (secondary N) is 1. The van der Waals surface area contributed by atoms with E-state index in [1.165, 1.54) is 24.5 Å². The van der Waals surface area contributed by atoms with Crippen molar-refractivity contribution in [2.24, 2.45) is 0 Å². The highest BCUT2D eigenvalue weighted by Gasteiger charge is 2.23. The maximum absolute atomic E-state index is 11.5. The maximum atomic E-state index is 11.5. The van der Waals surface area contributed by atoms with E-state index in [-0.39, 0.29) is 5.56 Å². The van der Waals surface area contributed by atoms with Crippen LogP contribution in [0.5, 0.6) is 0 Å². The molecule has 0 aliphatic heterocycles. The van der Waals surface area contributed by atoms with Crippen LogP contribution in [0.1, 0.15) is 16.8 Å². The van der Waals surface area contributed by atoms with Crippen LogP contribution in [-0.4, -0.2) is 39.1 Å². The molecule has 1 amide bonds. The van der Waals surface area contributed by atoms with E-state index in [1.54, 1.807) is 0 Å². The van der Waals surface area contributed by atoms with Gasteiger partial charge < -0.3 is 15.5 Å². The predicted molar refractivity (Wildman–Crippen MR) is 55.4 cm³/mol. The van der Waals surface area contributed by atoms with Crippen molar-refractivity contribution in [3.05, 3.63) is 30.1 Å². The summed E-state index contributed by atoms with van der Waals surface area (Å²) in [7, 11) is 0. The Bertz CT molecular complexity index is 432. The molecule has 7 nitrogen and oxygen atoms in total. The summed E-state index contributed by atoms with van der Waals surface area (Å²) in [5.41, 5.74) is 0.219. The molecule has 1 aromatic rings. The summed E-state index contributed by atoms with van der Waals surface area (Å²) >= 11 is 0. The molecular formula is C10H10N2O5. The Labute approximate surface area is 96.1 Å². The highest BCUT2D eigenvalue weighted by molar-refractivity contribution is 5.97. The number of hydrogen-bond donors (Lipinski definition) is 3. The molecule has 1 rings (SSSR count). The monoisotopic (exact) mass is 238 g/mol. The second kappa shape index (κ2) is 5.59. The van der Waals surface area contributed by atoms with Gasteiger partial charge in [-0.1, -0.05) is 0 Å². The molecule has 7 heteroatoms. The van der Waals surface area contributed by atoms with E-state index in [4.69, 9.17) is 10.2 Å². The fourth-order valence-electron chi connectivity index (χ4n) is 1.12. The topological polar surface area (TPSA) is 117 Å². The Kier molecular flexibility index (Phi) is 4.15. The minimum atomic E-state index is -1.45. The first-order chi connectivity index (χ1) is 8.00. The zero-order chi connectivity index (χ0) is 12.8. The minimum Gasteiger partial charge on any atom is -0.481 e. The van der Waals surface area contributed by atoms with Gasteiger partial charge in [-0.15, -0.1) is 0 Å². The van der Waals surface area contributed by atoms with Crippen LogP contribution in [0.2, 0.25) is 0 Å². The Morgan fingerprint density at radius 2 is 1.82 bits per heavy atom. The number of aromatic nitrogens is 1. The van der Waals surface area contributed by atoms with Crippen molar-refractivity contribution in [2.45, 2.75) is 12.5 Å². The van der Waals surface area contributed by atoms with Crippen LogP contribution < -0.4 is 5.32 Å². The maximum Gasteiger partial charge on any atom is 0.326 e. The SMILES string of the molecule is O=C(O)C[C@@H](NC(=O)c1ccncc1)C(=O)O. The number of amides is 1. The Morgan fingerprint density at radius 3 is 2.29 bits per heavy atom. The molecule has 0 unspecified atom stereocenters. The number of carboxylic acid groups (broad SMARTS) is 2. The number of nitrogens with zero attached hydrogens (tertiary/aromatic N) is 1. The molecule has 1 atom stereocenters. The molecule has 0 saturated carbocycles. The average Bonchev–Trinajstić information content (AvgIpc) is 2.28. The number of carboxylic acids is 2. The van der Waals surface area contributed by atoms with Gasteiger partial charge in [0.05, 0.1) is 6.42 Å². The smallest absolute Gasteiger partial charge is 0.326 e.